The number of rotatable bonds is 6. The lowest BCUT2D eigenvalue weighted by Gasteiger charge is -2.37. The van der Waals surface area contributed by atoms with Crippen molar-refractivity contribution >= 4 is 10.8 Å². The van der Waals surface area contributed by atoms with Crippen molar-refractivity contribution in [1.29, 1.82) is 0 Å². The van der Waals surface area contributed by atoms with E-state index in [1.54, 1.807) is 0 Å². The van der Waals surface area contributed by atoms with Gasteiger partial charge < -0.3 is 0 Å². The molecule has 1 heteroatoms. The maximum absolute atomic E-state index is 14.5. The van der Waals surface area contributed by atoms with Crippen LogP contribution in [-0.2, 0) is 12.8 Å². The van der Waals surface area contributed by atoms with Crippen LogP contribution in [0.15, 0.2) is 43.0 Å². The van der Waals surface area contributed by atoms with Crippen LogP contribution < -0.4 is 0 Å². The highest BCUT2D eigenvalue weighted by atomic mass is 19.1. The van der Waals surface area contributed by atoms with E-state index in [0.717, 1.165) is 52.8 Å². The van der Waals surface area contributed by atoms with Crippen molar-refractivity contribution in [1.82, 2.24) is 0 Å². The minimum Gasteiger partial charge on any atom is -0.206 e. The smallest absolute Gasteiger partial charge is 0.134 e. The van der Waals surface area contributed by atoms with Gasteiger partial charge in [0.25, 0.3) is 0 Å². The first-order chi connectivity index (χ1) is 14.2. The highest BCUT2D eigenvalue weighted by Crippen LogP contribution is 2.42. The normalized spacial score (nSPS) is 27.8. The Labute approximate surface area is 176 Å². The molecule has 0 amide bonds. The van der Waals surface area contributed by atoms with Gasteiger partial charge in [0.15, 0.2) is 0 Å². The molecule has 29 heavy (non-hydrogen) atoms. The van der Waals surface area contributed by atoms with Crippen LogP contribution in [0.2, 0.25) is 0 Å². The summed E-state index contributed by atoms with van der Waals surface area (Å²) in [5, 5.41) is 1.83. The molecule has 4 rings (SSSR count). The summed E-state index contributed by atoms with van der Waals surface area (Å²) in [4.78, 5) is 0. The fourth-order valence-electron chi connectivity index (χ4n) is 5.99. The summed E-state index contributed by atoms with van der Waals surface area (Å²) < 4.78 is 14.5. The molecule has 2 aliphatic carbocycles. The van der Waals surface area contributed by atoms with Crippen molar-refractivity contribution in [3.8, 4) is 0 Å². The van der Waals surface area contributed by atoms with Gasteiger partial charge in [0.2, 0.25) is 0 Å². The zero-order chi connectivity index (χ0) is 20.2. The second kappa shape index (κ2) is 9.45. The van der Waals surface area contributed by atoms with Crippen LogP contribution in [-0.4, -0.2) is 0 Å². The number of hydrogen-bond acceptors (Lipinski definition) is 0. The van der Waals surface area contributed by atoms with Gasteiger partial charge in [0.1, 0.15) is 5.82 Å². The summed E-state index contributed by atoms with van der Waals surface area (Å²) >= 11 is 0. The summed E-state index contributed by atoms with van der Waals surface area (Å²) in [6.07, 6.45) is 16.7. The quantitative estimate of drug-likeness (QED) is 0.434. The van der Waals surface area contributed by atoms with Gasteiger partial charge >= 0.3 is 0 Å². The van der Waals surface area contributed by atoms with Crippen LogP contribution >= 0.6 is 0 Å². The molecule has 0 radical (unpaired) electrons. The Bertz CT molecular complexity index is 820. The van der Waals surface area contributed by atoms with E-state index in [9.17, 15) is 4.39 Å². The predicted molar refractivity (Wildman–Crippen MR) is 123 cm³/mol. The van der Waals surface area contributed by atoms with Gasteiger partial charge in [-0.1, -0.05) is 56.2 Å². The van der Waals surface area contributed by atoms with Crippen molar-refractivity contribution in [2.24, 2.45) is 23.7 Å². The maximum atomic E-state index is 14.5. The predicted octanol–water partition coefficient (Wildman–Crippen LogP) is 8.27. The zero-order valence-electron chi connectivity index (χ0n) is 18.1. The molecule has 0 bridgehead atoms. The Morgan fingerprint density at radius 2 is 1.62 bits per heavy atom. The van der Waals surface area contributed by atoms with Crippen LogP contribution in [0, 0.1) is 29.5 Å². The Hall–Kier alpha value is -1.63. The summed E-state index contributed by atoms with van der Waals surface area (Å²) in [5.74, 6) is 3.60. The second-order valence-electron chi connectivity index (χ2n) is 9.68. The molecule has 2 aromatic rings. The summed E-state index contributed by atoms with van der Waals surface area (Å²) in [6, 6.07) is 10.4. The molecule has 0 atom stereocenters. The maximum Gasteiger partial charge on any atom is 0.134 e. The summed E-state index contributed by atoms with van der Waals surface area (Å²) in [6.45, 7) is 6.00. The first kappa shape index (κ1) is 20.6. The van der Waals surface area contributed by atoms with Crippen molar-refractivity contribution in [2.75, 3.05) is 0 Å². The average Bonchev–Trinajstić information content (AvgIpc) is 2.78. The molecule has 2 fully saturated rings. The minimum atomic E-state index is -0.0306. The van der Waals surface area contributed by atoms with E-state index in [2.05, 4.69) is 30.9 Å². The van der Waals surface area contributed by atoms with Gasteiger partial charge in [-0.25, -0.2) is 4.39 Å². The monoisotopic (exact) mass is 392 g/mol. The Kier molecular flexibility index (Phi) is 6.73. The van der Waals surface area contributed by atoms with E-state index < -0.39 is 0 Å². The van der Waals surface area contributed by atoms with E-state index in [-0.39, 0.29) is 5.82 Å². The topological polar surface area (TPSA) is 0 Å². The van der Waals surface area contributed by atoms with Gasteiger partial charge in [0, 0.05) is 5.39 Å². The molecule has 2 aliphatic rings. The van der Waals surface area contributed by atoms with E-state index in [4.69, 9.17) is 0 Å². The molecular formula is C28H37F. The molecule has 2 aromatic carbocycles. The van der Waals surface area contributed by atoms with Crippen LogP contribution in [0.4, 0.5) is 4.39 Å². The average molecular weight is 393 g/mol. The molecule has 2 saturated carbocycles. The first-order valence-corrected chi connectivity index (χ1v) is 12.0. The van der Waals surface area contributed by atoms with E-state index >= 15 is 0 Å². The molecule has 156 valence electrons. The highest BCUT2D eigenvalue weighted by molar-refractivity contribution is 5.84. The minimum absolute atomic E-state index is 0.0306. The van der Waals surface area contributed by atoms with Crippen LogP contribution in [0.5, 0.6) is 0 Å². The van der Waals surface area contributed by atoms with E-state index in [0.29, 0.717) is 0 Å². The van der Waals surface area contributed by atoms with E-state index in [1.807, 2.05) is 19.1 Å². The number of fused-ring (bicyclic) bond motifs is 1. The summed E-state index contributed by atoms with van der Waals surface area (Å²) in [5.41, 5.74) is 2.19. The summed E-state index contributed by atoms with van der Waals surface area (Å²) in [7, 11) is 0. The van der Waals surface area contributed by atoms with Gasteiger partial charge in [-0.3, -0.25) is 0 Å². The van der Waals surface area contributed by atoms with Gasteiger partial charge in [0.05, 0.1) is 0 Å². The van der Waals surface area contributed by atoms with Crippen molar-refractivity contribution in [3.63, 3.8) is 0 Å². The van der Waals surface area contributed by atoms with Crippen LogP contribution in [0.25, 0.3) is 10.8 Å². The third kappa shape index (κ3) is 4.76. The molecule has 0 N–H and O–H groups in total. The molecule has 0 saturated heterocycles. The number of aryl methyl sites for hydroxylation is 2. The Morgan fingerprint density at radius 3 is 2.28 bits per heavy atom. The largest absolute Gasteiger partial charge is 0.206 e. The molecule has 0 spiro atoms. The van der Waals surface area contributed by atoms with Crippen LogP contribution in [0.1, 0.15) is 75.8 Å². The lowest BCUT2D eigenvalue weighted by Crippen LogP contribution is -2.25. The van der Waals surface area contributed by atoms with Gasteiger partial charge in [-0.15, -0.1) is 6.58 Å². The van der Waals surface area contributed by atoms with Crippen molar-refractivity contribution in [2.45, 2.75) is 77.6 Å². The van der Waals surface area contributed by atoms with Crippen molar-refractivity contribution in [3.05, 3.63) is 59.9 Å². The lowest BCUT2D eigenvalue weighted by atomic mass is 9.68. The fraction of sp³-hybridized carbons (Fsp3) is 0.571. The highest BCUT2D eigenvalue weighted by Gasteiger charge is 2.30. The Balaban J connectivity index is 1.28. The standard InChI is InChI=1S/C28H37F/c1-3-20-7-12-24(13-8-20)25-14-9-21(10-15-25)5-6-22-11-18-27-26(19-22)17-16-23(4-2)28(27)29/h3,11,16-21,24-25H,1,4-10,12-15H2,2H3. The number of allylic oxidation sites excluding steroid dienone is 1. The zero-order valence-corrected chi connectivity index (χ0v) is 18.1. The fourth-order valence-corrected chi connectivity index (χ4v) is 5.99. The Morgan fingerprint density at radius 1 is 0.931 bits per heavy atom. The molecule has 0 aromatic heterocycles. The molecular weight excluding hydrogens is 355 g/mol. The first-order valence-electron chi connectivity index (χ1n) is 12.0. The third-order valence-corrected chi connectivity index (χ3v) is 8.03. The van der Waals surface area contributed by atoms with Crippen molar-refractivity contribution < 1.29 is 4.39 Å². The molecule has 0 aliphatic heterocycles. The molecule has 0 heterocycles. The van der Waals surface area contributed by atoms with Gasteiger partial charge in [-0.05, 0) is 98.0 Å². The molecule has 0 unspecified atom stereocenters. The number of hydrogen-bond donors (Lipinski definition) is 0. The van der Waals surface area contributed by atoms with Gasteiger partial charge in [-0.2, -0.15) is 0 Å². The number of benzene rings is 2. The lowest BCUT2D eigenvalue weighted by molar-refractivity contribution is 0.153. The second-order valence-corrected chi connectivity index (χ2v) is 9.68. The molecule has 0 nitrogen and oxygen atoms in total. The van der Waals surface area contributed by atoms with E-state index in [1.165, 1.54) is 63.4 Å². The SMILES string of the molecule is C=CC1CCC(C2CCC(CCc3ccc4c(F)c(CC)ccc4c3)CC2)CC1. The third-order valence-electron chi connectivity index (χ3n) is 8.03. The van der Waals surface area contributed by atoms with Crippen LogP contribution in [0.3, 0.4) is 0 Å². The number of halogens is 1.